The molecular weight excluding hydrogens is 536 g/mol. The Morgan fingerprint density at radius 2 is 1.49 bits per heavy atom. The number of halogens is 1. The molecule has 1 aromatic heterocycles. The Bertz CT molecular complexity index is 1050. The number of ketones is 1. The predicted octanol–water partition coefficient (Wildman–Crippen LogP) is 6.63. The van der Waals surface area contributed by atoms with Crippen LogP contribution < -0.4 is 10.5 Å². The van der Waals surface area contributed by atoms with E-state index < -0.39 is 23.3 Å². The zero-order chi connectivity index (χ0) is 27.4. The lowest BCUT2D eigenvalue weighted by molar-refractivity contribution is -0.157. The number of carbonyl (C=O) groups is 3. The van der Waals surface area contributed by atoms with Gasteiger partial charge in [0.15, 0.2) is 6.61 Å². The van der Waals surface area contributed by atoms with Gasteiger partial charge in [-0.3, -0.25) is 9.59 Å². The van der Waals surface area contributed by atoms with Gasteiger partial charge in [0.05, 0.1) is 16.5 Å². The van der Waals surface area contributed by atoms with E-state index in [9.17, 15) is 14.4 Å². The van der Waals surface area contributed by atoms with Gasteiger partial charge in [0.2, 0.25) is 0 Å². The van der Waals surface area contributed by atoms with E-state index in [1.807, 2.05) is 19.1 Å². The molecule has 0 unspecified atom stereocenters. The topological polar surface area (TPSA) is 101 Å². The van der Waals surface area contributed by atoms with Gasteiger partial charge in [-0.05, 0) is 52.7 Å². The Morgan fingerprint density at radius 1 is 0.919 bits per heavy atom. The monoisotopic (exact) mass is 578 g/mol. The van der Waals surface area contributed by atoms with Crippen LogP contribution in [-0.2, 0) is 20.9 Å². The maximum Gasteiger partial charge on any atom is 0.344 e. The van der Waals surface area contributed by atoms with Crippen LogP contribution in [0.4, 0.5) is 0 Å². The highest BCUT2D eigenvalue weighted by molar-refractivity contribution is 9.09. The molecule has 1 heterocycles. The van der Waals surface area contributed by atoms with Crippen LogP contribution in [0.25, 0.3) is 10.9 Å². The maximum absolute atomic E-state index is 12.8. The number of carbonyl (C=O) groups excluding carboxylic acids is 3. The predicted molar refractivity (Wildman–Crippen MR) is 152 cm³/mol. The third kappa shape index (κ3) is 9.80. The van der Waals surface area contributed by atoms with Gasteiger partial charge in [0.25, 0.3) is 11.7 Å². The number of aromatic nitrogens is 1. The van der Waals surface area contributed by atoms with E-state index in [1.54, 1.807) is 26.8 Å². The number of nitrogens with zero attached hydrogens (tertiary/aromatic N) is 1. The highest BCUT2D eigenvalue weighted by Gasteiger charge is 2.26. The van der Waals surface area contributed by atoms with Crippen LogP contribution in [0, 0.1) is 6.92 Å². The fraction of sp³-hybridized carbons (Fsp3) is 0.621. The molecule has 0 aliphatic carbocycles. The molecule has 206 valence electrons. The van der Waals surface area contributed by atoms with Crippen molar-refractivity contribution in [1.29, 1.82) is 0 Å². The van der Waals surface area contributed by atoms with Crippen molar-refractivity contribution < 1.29 is 23.9 Å². The van der Waals surface area contributed by atoms with Crippen molar-refractivity contribution in [2.75, 3.05) is 11.9 Å². The van der Waals surface area contributed by atoms with Gasteiger partial charge in [-0.25, -0.2) is 4.79 Å². The van der Waals surface area contributed by atoms with E-state index in [1.165, 1.54) is 51.4 Å². The molecule has 8 heteroatoms. The number of nitrogens with two attached hydrogens (primary N) is 1. The number of hydrogen-bond donors (Lipinski definition) is 1. The highest BCUT2D eigenvalue weighted by atomic mass is 79.9. The summed E-state index contributed by atoms with van der Waals surface area (Å²) in [6.07, 6.45) is 12.2. The van der Waals surface area contributed by atoms with E-state index in [4.69, 9.17) is 15.2 Å². The zero-order valence-corrected chi connectivity index (χ0v) is 24.5. The normalized spacial score (nSPS) is 11.6. The summed E-state index contributed by atoms with van der Waals surface area (Å²) in [5.41, 5.74) is 6.44. The molecule has 1 aromatic carbocycles. The first-order valence-corrected chi connectivity index (χ1v) is 14.6. The molecular formula is C29H43BrN2O5. The van der Waals surface area contributed by atoms with Crippen molar-refractivity contribution >= 4 is 44.5 Å². The van der Waals surface area contributed by atoms with Crippen molar-refractivity contribution in [3.8, 4) is 5.75 Å². The first-order valence-electron chi connectivity index (χ1n) is 13.4. The van der Waals surface area contributed by atoms with Crippen LogP contribution in [0.15, 0.2) is 18.2 Å². The van der Waals surface area contributed by atoms with Gasteiger partial charge in [0.1, 0.15) is 11.4 Å². The molecule has 0 fully saturated rings. The summed E-state index contributed by atoms with van der Waals surface area (Å²) < 4.78 is 13.2. The molecule has 7 nitrogen and oxygen atoms in total. The van der Waals surface area contributed by atoms with E-state index in [0.29, 0.717) is 16.8 Å². The molecule has 2 rings (SSSR count). The summed E-state index contributed by atoms with van der Waals surface area (Å²) in [5.74, 6) is -1.93. The Kier molecular flexibility index (Phi) is 12.6. The number of rotatable bonds is 17. The zero-order valence-electron chi connectivity index (χ0n) is 22.9. The average molecular weight is 580 g/mol. The van der Waals surface area contributed by atoms with Crippen molar-refractivity contribution in [1.82, 2.24) is 4.57 Å². The summed E-state index contributed by atoms with van der Waals surface area (Å²) in [7, 11) is 0. The molecule has 0 spiro atoms. The molecule has 0 aliphatic heterocycles. The maximum atomic E-state index is 12.8. The molecule has 0 aliphatic rings. The fourth-order valence-electron chi connectivity index (χ4n) is 4.59. The van der Waals surface area contributed by atoms with Gasteiger partial charge < -0.3 is 19.8 Å². The molecule has 0 bridgehead atoms. The second kappa shape index (κ2) is 15.2. The standard InChI is InChI=1S/C29H43BrN2O5/c1-21-25(27(34)28(31)35)26-22(16-15-17-23(26)36-20-24(33)37-29(2,3)4)32(21)19-14-12-10-8-6-5-7-9-11-13-18-30/h15-17H,5-14,18-20H2,1-4H3,(H2,31,35). The number of esters is 1. The number of ether oxygens (including phenoxy) is 2. The number of hydrogen-bond acceptors (Lipinski definition) is 5. The Balaban J connectivity index is 2.07. The van der Waals surface area contributed by atoms with Gasteiger partial charge >= 0.3 is 5.97 Å². The van der Waals surface area contributed by atoms with E-state index >= 15 is 0 Å². The molecule has 0 radical (unpaired) electrons. The van der Waals surface area contributed by atoms with E-state index in [0.717, 1.165) is 30.2 Å². The number of unbranched alkanes of at least 4 members (excludes halogenated alkanes) is 9. The fourth-order valence-corrected chi connectivity index (χ4v) is 4.98. The molecule has 2 N–H and O–H groups in total. The average Bonchev–Trinajstić information content (AvgIpc) is 3.11. The molecule has 1 amide bonds. The summed E-state index contributed by atoms with van der Waals surface area (Å²) >= 11 is 3.48. The number of aryl methyl sites for hydroxylation is 1. The summed E-state index contributed by atoms with van der Waals surface area (Å²) in [5, 5.41) is 1.61. The molecule has 0 saturated carbocycles. The minimum atomic E-state index is -1.02. The highest BCUT2D eigenvalue weighted by Crippen LogP contribution is 2.34. The van der Waals surface area contributed by atoms with Gasteiger partial charge in [-0.15, -0.1) is 0 Å². The van der Waals surface area contributed by atoms with Crippen LogP contribution in [0.3, 0.4) is 0 Å². The quantitative estimate of drug-likeness (QED) is 0.0745. The molecule has 0 saturated heterocycles. The van der Waals surface area contributed by atoms with Crippen molar-refractivity contribution in [2.45, 2.75) is 104 Å². The van der Waals surface area contributed by atoms with Gasteiger partial charge in [-0.2, -0.15) is 0 Å². The lowest BCUT2D eigenvalue weighted by Crippen LogP contribution is -2.27. The Hall–Kier alpha value is -2.35. The van der Waals surface area contributed by atoms with Gasteiger partial charge in [-0.1, -0.05) is 73.4 Å². The second-order valence-electron chi connectivity index (χ2n) is 10.6. The number of benzene rings is 1. The summed E-state index contributed by atoms with van der Waals surface area (Å²) in [6.45, 7) is 7.59. The van der Waals surface area contributed by atoms with Crippen molar-refractivity contribution in [3.63, 3.8) is 0 Å². The van der Waals surface area contributed by atoms with Crippen LogP contribution >= 0.6 is 15.9 Å². The Labute approximate surface area is 229 Å². The first-order chi connectivity index (χ1) is 17.6. The second-order valence-corrected chi connectivity index (χ2v) is 11.3. The third-order valence-electron chi connectivity index (χ3n) is 6.29. The summed E-state index contributed by atoms with van der Waals surface area (Å²) in [6, 6.07) is 5.41. The number of alkyl halides is 1. The minimum Gasteiger partial charge on any atom is -0.481 e. The SMILES string of the molecule is Cc1c(C(=O)C(N)=O)c2c(OCC(=O)OC(C)(C)C)cccc2n1CCCCCCCCCCCCBr. The van der Waals surface area contributed by atoms with Crippen LogP contribution in [0.5, 0.6) is 5.75 Å². The van der Waals surface area contributed by atoms with Crippen molar-refractivity contribution in [2.24, 2.45) is 5.73 Å². The number of primary amides is 1. The van der Waals surface area contributed by atoms with Crippen LogP contribution in [0.1, 0.15) is 101 Å². The first kappa shape index (κ1) is 30.9. The smallest absolute Gasteiger partial charge is 0.344 e. The molecule has 2 aromatic rings. The van der Waals surface area contributed by atoms with Gasteiger partial charge in [0, 0.05) is 17.6 Å². The van der Waals surface area contributed by atoms with Crippen LogP contribution in [0.2, 0.25) is 0 Å². The largest absolute Gasteiger partial charge is 0.481 e. The number of fused-ring (bicyclic) bond motifs is 1. The van der Waals surface area contributed by atoms with E-state index in [2.05, 4.69) is 20.5 Å². The van der Waals surface area contributed by atoms with Crippen LogP contribution in [-0.4, -0.2) is 39.8 Å². The third-order valence-corrected chi connectivity index (χ3v) is 6.85. The summed E-state index contributed by atoms with van der Waals surface area (Å²) in [4.78, 5) is 36.8. The molecule has 0 atom stereocenters. The van der Waals surface area contributed by atoms with E-state index in [-0.39, 0.29) is 12.2 Å². The minimum absolute atomic E-state index is 0.238. The lowest BCUT2D eigenvalue weighted by atomic mass is 10.1. The molecule has 37 heavy (non-hydrogen) atoms. The number of Topliss-reactive ketones (excluding diaryl/α,β-unsaturated/α-hetero) is 1. The lowest BCUT2D eigenvalue weighted by Gasteiger charge is -2.19. The number of amides is 1. The van der Waals surface area contributed by atoms with Crippen molar-refractivity contribution in [3.05, 3.63) is 29.5 Å². The Morgan fingerprint density at radius 3 is 2.03 bits per heavy atom.